The van der Waals surface area contributed by atoms with Crippen LogP contribution in [0, 0.1) is 23.7 Å². The van der Waals surface area contributed by atoms with Crippen molar-refractivity contribution < 1.29 is 14.6 Å². The summed E-state index contributed by atoms with van der Waals surface area (Å²) >= 11 is 1.81. The Hall–Kier alpha value is -1.94. The first kappa shape index (κ1) is 26.3. The first-order valence-electron chi connectivity index (χ1n) is 11.9. The van der Waals surface area contributed by atoms with Crippen molar-refractivity contribution >= 4 is 17.7 Å². The molecule has 0 saturated carbocycles. The van der Waals surface area contributed by atoms with Gasteiger partial charge in [-0.1, -0.05) is 77.8 Å². The Bertz CT molecular complexity index is 865. The summed E-state index contributed by atoms with van der Waals surface area (Å²) in [5, 5.41) is 9.04. The van der Waals surface area contributed by atoms with E-state index in [9.17, 15) is 4.79 Å². The zero-order chi connectivity index (χ0) is 23.8. The summed E-state index contributed by atoms with van der Waals surface area (Å²) in [6, 6.07) is 0. The molecule has 0 fully saturated rings. The van der Waals surface area contributed by atoms with Crippen LogP contribution < -0.4 is 0 Å². The minimum Gasteiger partial charge on any atom is -0.497 e. The smallest absolute Gasteiger partial charge is 0.328 e. The molecule has 3 nitrogen and oxygen atoms in total. The van der Waals surface area contributed by atoms with Gasteiger partial charge >= 0.3 is 5.97 Å². The molecule has 1 aliphatic heterocycles. The van der Waals surface area contributed by atoms with E-state index in [0.717, 1.165) is 36.5 Å². The van der Waals surface area contributed by atoms with Crippen molar-refractivity contribution in [1.82, 2.24) is 0 Å². The molecular weight excluding hydrogens is 416 g/mol. The number of carboxylic acid groups (broad SMARTS) is 1. The molecule has 4 heteroatoms. The average molecular weight is 457 g/mol. The molecule has 2 aliphatic rings. The fourth-order valence-electron chi connectivity index (χ4n) is 4.36. The summed E-state index contributed by atoms with van der Waals surface area (Å²) in [5.74, 6) is 2.49. The van der Waals surface area contributed by atoms with Gasteiger partial charge in [-0.3, -0.25) is 0 Å². The molecule has 0 saturated heterocycles. The highest BCUT2D eigenvalue weighted by Gasteiger charge is 2.36. The predicted molar refractivity (Wildman–Crippen MR) is 137 cm³/mol. The molecule has 2 atom stereocenters. The van der Waals surface area contributed by atoms with Gasteiger partial charge < -0.3 is 9.84 Å². The lowest BCUT2D eigenvalue weighted by atomic mass is 9.70. The summed E-state index contributed by atoms with van der Waals surface area (Å²) < 4.78 is 6.53. The van der Waals surface area contributed by atoms with Gasteiger partial charge in [0, 0.05) is 22.7 Å². The van der Waals surface area contributed by atoms with E-state index in [2.05, 4.69) is 65.8 Å². The van der Waals surface area contributed by atoms with Crippen molar-refractivity contribution in [3.63, 3.8) is 0 Å². The third kappa shape index (κ3) is 6.78. The van der Waals surface area contributed by atoms with Crippen molar-refractivity contribution in [3.8, 4) is 0 Å². The Balaban J connectivity index is 2.62. The summed E-state index contributed by atoms with van der Waals surface area (Å²) in [7, 11) is 0. The Morgan fingerprint density at radius 2 is 2.00 bits per heavy atom. The molecule has 0 aromatic carbocycles. The summed E-state index contributed by atoms with van der Waals surface area (Å²) in [5.41, 5.74) is 4.80. The number of carboxylic acids is 1. The lowest BCUT2D eigenvalue weighted by Crippen LogP contribution is -2.28. The van der Waals surface area contributed by atoms with E-state index in [1.807, 2.05) is 24.8 Å². The van der Waals surface area contributed by atoms with Gasteiger partial charge in [-0.25, -0.2) is 4.79 Å². The number of hydrogen-bond donors (Lipinski definition) is 1. The van der Waals surface area contributed by atoms with Gasteiger partial charge in [-0.2, -0.15) is 0 Å². The Morgan fingerprint density at radius 1 is 1.28 bits per heavy atom. The van der Waals surface area contributed by atoms with Gasteiger partial charge in [0.15, 0.2) is 0 Å². The lowest BCUT2D eigenvalue weighted by molar-refractivity contribution is -0.131. The van der Waals surface area contributed by atoms with Crippen LogP contribution in [0.4, 0.5) is 0 Å². The second-order valence-electron chi connectivity index (χ2n) is 9.33. The first-order valence-corrected chi connectivity index (χ1v) is 12.9. The monoisotopic (exact) mass is 456 g/mol. The van der Waals surface area contributed by atoms with E-state index in [4.69, 9.17) is 9.84 Å². The third-order valence-corrected chi connectivity index (χ3v) is 7.10. The zero-order valence-electron chi connectivity index (χ0n) is 20.8. The van der Waals surface area contributed by atoms with Crippen molar-refractivity contribution in [3.05, 3.63) is 69.4 Å². The molecule has 0 amide bonds. The van der Waals surface area contributed by atoms with E-state index in [1.54, 1.807) is 0 Å². The van der Waals surface area contributed by atoms with Gasteiger partial charge in [0.25, 0.3) is 0 Å². The molecule has 0 aromatic rings. The number of aliphatic carboxylic acids is 1. The largest absolute Gasteiger partial charge is 0.497 e. The minimum atomic E-state index is -0.915. The quantitative estimate of drug-likeness (QED) is 0.208. The molecule has 0 bridgehead atoms. The maximum absolute atomic E-state index is 11.0. The second kappa shape index (κ2) is 12.3. The second-order valence-corrected chi connectivity index (χ2v) is 10.4. The number of allylic oxidation sites excluding steroid dienone is 8. The lowest BCUT2D eigenvalue weighted by Gasteiger charge is -2.38. The SMILES string of the molecule is CCCCOC1=C(C(C)C)C=C(C(C)C)C(C)C1C1=C(/C=C/C(C)=C/C(=O)O)SCC=C1. The van der Waals surface area contributed by atoms with Crippen molar-refractivity contribution in [2.24, 2.45) is 23.7 Å². The van der Waals surface area contributed by atoms with Crippen LogP contribution in [0.2, 0.25) is 0 Å². The number of unbranched alkanes of at least 4 members (excludes halogenated alkanes) is 1. The van der Waals surface area contributed by atoms with Crippen molar-refractivity contribution in [1.29, 1.82) is 0 Å². The average Bonchev–Trinajstić information content (AvgIpc) is 2.72. The van der Waals surface area contributed by atoms with Gasteiger partial charge in [0.1, 0.15) is 5.76 Å². The van der Waals surface area contributed by atoms with Gasteiger partial charge in [0.2, 0.25) is 0 Å². The van der Waals surface area contributed by atoms with Gasteiger partial charge in [0.05, 0.1) is 6.61 Å². The molecule has 1 N–H and O–H groups in total. The number of ether oxygens (including phenoxy) is 1. The first-order chi connectivity index (χ1) is 15.2. The van der Waals surface area contributed by atoms with E-state index in [-0.39, 0.29) is 5.92 Å². The molecule has 1 heterocycles. The molecule has 1 aliphatic carbocycles. The van der Waals surface area contributed by atoms with E-state index in [0.29, 0.717) is 17.8 Å². The molecule has 0 spiro atoms. The van der Waals surface area contributed by atoms with E-state index >= 15 is 0 Å². The van der Waals surface area contributed by atoms with Crippen LogP contribution >= 0.6 is 11.8 Å². The van der Waals surface area contributed by atoms with Gasteiger partial charge in [-0.05, 0) is 53.9 Å². The van der Waals surface area contributed by atoms with Crippen molar-refractivity contribution in [2.75, 3.05) is 12.4 Å². The molecular formula is C28H40O3S. The molecule has 176 valence electrons. The van der Waals surface area contributed by atoms with Crippen LogP contribution in [-0.4, -0.2) is 23.4 Å². The maximum Gasteiger partial charge on any atom is 0.328 e. The van der Waals surface area contributed by atoms with Crippen LogP contribution in [0.3, 0.4) is 0 Å². The normalized spacial score (nSPS) is 22.4. The topological polar surface area (TPSA) is 46.5 Å². The highest BCUT2D eigenvalue weighted by molar-refractivity contribution is 8.03. The zero-order valence-corrected chi connectivity index (χ0v) is 21.6. The Kier molecular flexibility index (Phi) is 10.1. The minimum absolute atomic E-state index is 0.166. The highest BCUT2D eigenvalue weighted by Crippen LogP contribution is 2.47. The van der Waals surface area contributed by atoms with Crippen LogP contribution in [0.15, 0.2) is 69.4 Å². The standard InChI is InChI=1S/C28H40O3S/c1-8-9-14-31-28-24(19(4)5)17-23(18(2)3)21(7)27(28)22-11-10-15-32-25(22)13-12-20(6)16-26(29)30/h10-13,16-19,21,27H,8-9,14-15H2,1-7H3,(H,29,30)/b13-12+,20-16+. The van der Waals surface area contributed by atoms with E-state index < -0.39 is 5.97 Å². The molecule has 2 rings (SSSR count). The Morgan fingerprint density at radius 3 is 2.59 bits per heavy atom. The van der Waals surface area contributed by atoms with E-state index in [1.165, 1.54) is 27.7 Å². The number of hydrogen-bond acceptors (Lipinski definition) is 3. The highest BCUT2D eigenvalue weighted by atomic mass is 32.2. The molecule has 0 radical (unpaired) electrons. The van der Waals surface area contributed by atoms with Gasteiger partial charge in [-0.15, -0.1) is 11.8 Å². The number of rotatable bonds is 10. The molecule has 0 aromatic heterocycles. The number of thioether (sulfide) groups is 1. The van der Waals surface area contributed by atoms with Crippen LogP contribution in [0.5, 0.6) is 0 Å². The summed E-state index contributed by atoms with van der Waals surface area (Å²) in [4.78, 5) is 12.2. The van der Waals surface area contributed by atoms with Crippen LogP contribution in [0.25, 0.3) is 0 Å². The number of carbonyl (C=O) groups is 1. The fraction of sp³-hybridized carbons (Fsp3) is 0.536. The molecule has 32 heavy (non-hydrogen) atoms. The summed E-state index contributed by atoms with van der Waals surface area (Å²) in [6.45, 7) is 16.1. The summed E-state index contributed by atoms with van der Waals surface area (Å²) in [6.07, 6.45) is 14.3. The predicted octanol–water partition coefficient (Wildman–Crippen LogP) is 7.71. The Labute approximate surface area is 199 Å². The van der Waals surface area contributed by atoms with Crippen molar-refractivity contribution in [2.45, 2.75) is 61.3 Å². The molecule has 2 unspecified atom stereocenters. The van der Waals surface area contributed by atoms with Crippen LogP contribution in [-0.2, 0) is 9.53 Å². The van der Waals surface area contributed by atoms with Crippen LogP contribution in [0.1, 0.15) is 61.3 Å². The third-order valence-electron chi connectivity index (χ3n) is 6.06. The maximum atomic E-state index is 11.0. The fourth-order valence-corrected chi connectivity index (χ4v) is 5.26.